The Morgan fingerprint density at radius 1 is 1.10 bits per heavy atom. The highest BCUT2D eigenvalue weighted by atomic mass is 16.5. The average molecular weight is 397 g/mol. The summed E-state index contributed by atoms with van der Waals surface area (Å²) in [5, 5.41) is 17.2. The third kappa shape index (κ3) is 3.96. The van der Waals surface area contributed by atoms with Gasteiger partial charge in [0.2, 0.25) is 5.75 Å². The summed E-state index contributed by atoms with van der Waals surface area (Å²) >= 11 is 0. The van der Waals surface area contributed by atoms with Gasteiger partial charge < -0.3 is 24.6 Å². The van der Waals surface area contributed by atoms with Crippen LogP contribution in [0, 0.1) is 0 Å². The molecule has 0 radical (unpaired) electrons. The van der Waals surface area contributed by atoms with Gasteiger partial charge >= 0.3 is 0 Å². The summed E-state index contributed by atoms with van der Waals surface area (Å²) in [5.74, 6) is 0.421. The van der Waals surface area contributed by atoms with Crippen LogP contribution in [0.3, 0.4) is 0 Å². The van der Waals surface area contributed by atoms with E-state index in [1.54, 1.807) is 12.1 Å². The van der Waals surface area contributed by atoms with E-state index in [1.165, 1.54) is 32.2 Å². The van der Waals surface area contributed by atoms with E-state index in [9.17, 15) is 9.90 Å². The van der Waals surface area contributed by atoms with E-state index in [0.29, 0.717) is 22.9 Å². The summed E-state index contributed by atoms with van der Waals surface area (Å²) in [6.07, 6.45) is 2.21. The Morgan fingerprint density at radius 2 is 1.76 bits per heavy atom. The van der Waals surface area contributed by atoms with Gasteiger partial charge in [-0.2, -0.15) is 5.10 Å². The van der Waals surface area contributed by atoms with Gasteiger partial charge in [0.1, 0.15) is 0 Å². The van der Waals surface area contributed by atoms with Crippen molar-refractivity contribution in [2.45, 2.75) is 13.3 Å². The highest BCUT2D eigenvalue weighted by Crippen LogP contribution is 2.40. The number of carbonyl (C=O) groups excluding carboxylic acids is 1. The van der Waals surface area contributed by atoms with Crippen molar-refractivity contribution in [1.82, 2.24) is 9.78 Å². The molecule has 1 aromatic heterocycles. The lowest BCUT2D eigenvalue weighted by molar-refractivity contribution is 0.101. The van der Waals surface area contributed by atoms with Crippen LogP contribution >= 0.6 is 0 Å². The largest absolute Gasteiger partial charge is 0.504 e. The van der Waals surface area contributed by atoms with Crippen molar-refractivity contribution in [1.29, 1.82) is 0 Å². The van der Waals surface area contributed by atoms with Crippen LogP contribution < -0.4 is 19.5 Å². The number of methoxy groups -OCH3 is 3. The molecule has 0 bridgehead atoms. The molecule has 1 amide bonds. The van der Waals surface area contributed by atoms with Crippen molar-refractivity contribution in [3.05, 3.63) is 53.9 Å². The number of nitrogens with one attached hydrogen (secondary N) is 1. The number of nitrogens with zero attached hydrogens (tertiary/aromatic N) is 2. The number of aromatic hydroxyl groups is 1. The standard InChI is InChI=1S/C21H23N3O5/c1-5-13-8-6-7-9-15(13)24-12-16(25)19(23-24)21(26)22-14-10-17(27-2)20(29-4)18(11-14)28-3/h6-12,25H,5H2,1-4H3,(H,22,26). The maximum atomic E-state index is 12.7. The first-order chi connectivity index (χ1) is 14.0. The molecule has 3 aromatic rings. The summed E-state index contributed by atoms with van der Waals surface area (Å²) in [4.78, 5) is 12.7. The Kier molecular flexibility index (Phi) is 5.92. The molecule has 8 nitrogen and oxygen atoms in total. The molecule has 152 valence electrons. The summed E-state index contributed by atoms with van der Waals surface area (Å²) in [6, 6.07) is 10.9. The van der Waals surface area contributed by atoms with Gasteiger partial charge in [-0.05, 0) is 18.1 Å². The van der Waals surface area contributed by atoms with Crippen molar-refractivity contribution in [3.8, 4) is 28.7 Å². The zero-order valence-electron chi connectivity index (χ0n) is 16.7. The van der Waals surface area contributed by atoms with Crippen molar-refractivity contribution >= 4 is 11.6 Å². The number of anilines is 1. The molecule has 0 spiro atoms. The van der Waals surface area contributed by atoms with Crippen LogP contribution in [0.5, 0.6) is 23.0 Å². The Hall–Kier alpha value is -3.68. The maximum absolute atomic E-state index is 12.7. The second-order valence-corrected chi connectivity index (χ2v) is 6.16. The van der Waals surface area contributed by atoms with Crippen LogP contribution in [0.4, 0.5) is 5.69 Å². The van der Waals surface area contributed by atoms with Gasteiger partial charge in [-0.25, -0.2) is 4.68 Å². The second-order valence-electron chi connectivity index (χ2n) is 6.16. The van der Waals surface area contributed by atoms with Gasteiger partial charge in [-0.3, -0.25) is 4.79 Å². The van der Waals surface area contributed by atoms with E-state index in [2.05, 4.69) is 10.4 Å². The van der Waals surface area contributed by atoms with Gasteiger partial charge in [0, 0.05) is 17.8 Å². The predicted molar refractivity (Wildman–Crippen MR) is 109 cm³/mol. The number of hydrogen-bond acceptors (Lipinski definition) is 6. The van der Waals surface area contributed by atoms with Crippen LogP contribution in [-0.2, 0) is 6.42 Å². The fourth-order valence-corrected chi connectivity index (χ4v) is 3.03. The molecular weight excluding hydrogens is 374 g/mol. The van der Waals surface area contributed by atoms with Gasteiger partial charge in [0.05, 0.1) is 33.2 Å². The average Bonchev–Trinajstić information content (AvgIpc) is 3.14. The summed E-state index contributed by atoms with van der Waals surface area (Å²) in [5.41, 5.74) is 2.17. The number of benzene rings is 2. The number of carbonyl (C=O) groups is 1. The quantitative estimate of drug-likeness (QED) is 0.634. The molecule has 2 N–H and O–H groups in total. The molecule has 1 heterocycles. The molecule has 29 heavy (non-hydrogen) atoms. The van der Waals surface area contributed by atoms with E-state index >= 15 is 0 Å². The first-order valence-corrected chi connectivity index (χ1v) is 9.00. The molecule has 2 aromatic carbocycles. The van der Waals surface area contributed by atoms with E-state index in [1.807, 2.05) is 31.2 Å². The number of rotatable bonds is 7. The normalized spacial score (nSPS) is 10.5. The van der Waals surface area contributed by atoms with Crippen molar-refractivity contribution in [3.63, 3.8) is 0 Å². The topological polar surface area (TPSA) is 94.8 Å². The monoisotopic (exact) mass is 397 g/mol. The summed E-state index contributed by atoms with van der Waals surface area (Å²) in [6.45, 7) is 2.03. The molecule has 0 saturated heterocycles. The zero-order chi connectivity index (χ0) is 21.0. The van der Waals surface area contributed by atoms with E-state index in [-0.39, 0.29) is 11.4 Å². The molecule has 0 unspecified atom stereocenters. The number of para-hydroxylation sites is 1. The van der Waals surface area contributed by atoms with Crippen LogP contribution in [0.2, 0.25) is 0 Å². The lowest BCUT2D eigenvalue weighted by Gasteiger charge is -2.14. The molecule has 0 atom stereocenters. The molecule has 0 aliphatic carbocycles. The molecule has 0 aliphatic rings. The number of aromatic nitrogens is 2. The predicted octanol–water partition coefficient (Wildman–Crippen LogP) is 3.42. The van der Waals surface area contributed by atoms with E-state index < -0.39 is 5.91 Å². The lowest BCUT2D eigenvalue weighted by Crippen LogP contribution is -2.14. The highest BCUT2D eigenvalue weighted by molar-refractivity contribution is 6.05. The molecule has 0 saturated carbocycles. The van der Waals surface area contributed by atoms with Crippen molar-refractivity contribution < 1.29 is 24.1 Å². The van der Waals surface area contributed by atoms with Crippen molar-refractivity contribution in [2.24, 2.45) is 0 Å². The third-order valence-corrected chi connectivity index (χ3v) is 4.45. The number of amides is 1. The van der Waals surface area contributed by atoms with Crippen LogP contribution in [0.15, 0.2) is 42.6 Å². The van der Waals surface area contributed by atoms with Crippen molar-refractivity contribution in [2.75, 3.05) is 26.6 Å². The summed E-state index contributed by atoms with van der Waals surface area (Å²) in [7, 11) is 4.47. The zero-order valence-corrected chi connectivity index (χ0v) is 16.7. The smallest absolute Gasteiger partial charge is 0.280 e. The Balaban J connectivity index is 1.92. The lowest BCUT2D eigenvalue weighted by atomic mass is 10.1. The minimum Gasteiger partial charge on any atom is -0.504 e. The van der Waals surface area contributed by atoms with E-state index in [0.717, 1.165) is 17.7 Å². The fraction of sp³-hybridized carbons (Fsp3) is 0.238. The first-order valence-electron chi connectivity index (χ1n) is 9.00. The Labute approximate surface area is 168 Å². The number of hydrogen-bond donors (Lipinski definition) is 2. The van der Waals surface area contributed by atoms with Gasteiger partial charge in [0.15, 0.2) is 22.9 Å². The molecular formula is C21H23N3O5. The summed E-state index contributed by atoms with van der Waals surface area (Å²) < 4.78 is 17.4. The Morgan fingerprint density at radius 3 is 2.34 bits per heavy atom. The minimum atomic E-state index is -0.565. The minimum absolute atomic E-state index is 0.0929. The van der Waals surface area contributed by atoms with Gasteiger partial charge in [0.25, 0.3) is 5.91 Å². The van der Waals surface area contributed by atoms with Gasteiger partial charge in [-0.15, -0.1) is 0 Å². The highest BCUT2D eigenvalue weighted by Gasteiger charge is 2.20. The molecule has 8 heteroatoms. The Bertz CT molecular complexity index is 1000. The van der Waals surface area contributed by atoms with Gasteiger partial charge in [-0.1, -0.05) is 25.1 Å². The number of aryl methyl sites for hydroxylation is 1. The van der Waals surface area contributed by atoms with Crippen LogP contribution in [0.1, 0.15) is 23.0 Å². The van der Waals surface area contributed by atoms with Crippen LogP contribution in [-0.4, -0.2) is 42.1 Å². The molecule has 0 fully saturated rings. The van der Waals surface area contributed by atoms with Crippen LogP contribution in [0.25, 0.3) is 5.69 Å². The van der Waals surface area contributed by atoms with E-state index in [4.69, 9.17) is 14.2 Å². The number of ether oxygens (including phenoxy) is 3. The second kappa shape index (κ2) is 8.55. The SMILES string of the molecule is CCc1ccccc1-n1cc(O)c(C(=O)Nc2cc(OC)c(OC)c(OC)c2)n1. The molecule has 0 aliphatic heterocycles. The third-order valence-electron chi connectivity index (χ3n) is 4.45. The molecule has 3 rings (SSSR count). The maximum Gasteiger partial charge on any atom is 0.280 e. The first kappa shape index (κ1) is 20.1. The fourth-order valence-electron chi connectivity index (χ4n) is 3.03.